The number of nitrogens with one attached hydrogen (secondary N) is 1. The van der Waals surface area contributed by atoms with Crippen molar-refractivity contribution in [3.8, 4) is 0 Å². The molecule has 1 N–H and O–H groups in total. The fourth-order valence-corrected chi connectivity index (χ4v) is 4.08. The normalized spacial score (nSPS) is 22.2. The molecule has 2 rings (SSSR count). The van der Waals surface area contributed by atoms with Crippen molar-refractivity contribution in [1.82, 2.24) is 9.78 Å². The number of carbonyl (C=O) groups is 1. The number of hydrogen-bond donors (Lipinski definition) is 1. The fraction of sp³-hybridized carbons (Fsp3) is 0.636. The summed E-state index contributed by atoms with van der Waals surface area (Å²) >= 11 is 0. The van der Waals surface area contributed by atoms with Crippen molar-refractivity contribution in [3.63, 3.8) is 0 Å². The lowest BCUT2D eigenvalue weighted by molar-refractivity contribution is -0.118. The summed E-state index contributed by atoms with van der Waals surface area (Å²) in [6, 6.07) is 0. The van der Waals surface area contributed by atoms with Crippen molar-refractivity contribution >= 4 is 21.4 Å². The molecule has 1 amide bonds. The second-order valence-corrected chi connectivity index (χ2v) is 6.62. The molecule has 100 valence electrons. The largest absolute Gasteiger partial charge is 0.322 e. The number of aryl methyl sites for hydroxylation is 2. The van der Waals surface area contributed by atoms with Crippen molar-refractivity contribution < 1.29 is 13.2 Å². The fourth-order valence-electron chi connectivity index (χ4n) is 2.19. The van der Waals surface area contributed by atoms with Gasteiger partial charge in [0.25, 0.3) is 0 Å². The topological polar surface area (TPSA) is 81.1 Å². The summed E-state index contributed by atoms with van der Waals surface area (Å²) in [5.41, 5.74) is 1.01. The first-order chi connectivity index (χ1) is 8.36. The molecule has 0 radical (unpaired) electrons. The van der Waals surface area contributed by atoms with E-state index in [1.165, 1.54) is 4.68 Å². The summed E-state index contributed by atoms with van der Waals surface area (Å²) in [5.74, 6) is -0.976. The zero-order chi connectivity index (χ0) is 13.5. The summed E-state index contributed by atoms with van der Waals surface area (Å²) < 4.78 is 25.8. The van der Waals surface area contributed by atoms with Crippen LogP contribution in [0.15, 0.2) is 5.03 Å². The van der Waals surface area contributed by atoms with Gasteiger partial charge >= 0.3 is 0 Å². The Hall–Kier alpha value is -1.37. The van der Waals surface area contributed by atoms with Crippen LogP contribution < -0.4 is 5.32 Å². The molecule has 1 aliphatic heterocycles. The van der Waals surface area contributed by atoms with E-state index in [1.54, 1.807) is 14.0 Å². The third kappa shape index (κ3) is 2.03. The van der Waals surface area contributed by atoms with Crippen LogP contribution in [0.5, 0.6) is 0 Å². The van der Waals surface area contributed by atoms with Crippen LogP contribution in [-0.4, -0.2) is 29.9 Å². The number of carbonyl (C=O) groups excluding carboxylic acids is 1. The van der Waals surface area contributed by atoms with Crippen LogP contribution in [0.25, 0.3) is 0 Å². The Morgan fingerprint density at radius 1 is 1.50 bits per heavy atom. The van der Waals surface area contributed by atoms with Gasteiger partial charge in [-0.15, -0.1) is 0 Å². The molecule has 0 saturated heterocycles. The Morgan fingerprint density at radius 3 is 2.78 bits per heavy atom. The highest BCUT2D eigenvalue weighted by molar-refractivity contribution is 7.91. The van der Waals surface area contributed by atoms with Crippen molar-refractivity contribution in [1.29, 1.82) is 0 Å². The van der Waals surface area contributed by atoms with Gasteiger partial charge in [-0.1, -0.05) is 20.3 Å². The van der Waals surface area contributed by atoms with Gasteiger partial charge in [-0.25, -0.2) is 8.42 Å². The molecule has 1 aromatic rings. The highest BCUT2D eigenvalue weighted by Crippen LogP contribution is 2.31. The molecule has 6 nitrogen and oxygen atoms in total. The molecule has 1 aliphatic rings. The van der Waals surface area contributed by atoms with E-state index in [-0.39, 0.29) is 16.7 Å². The molecule has 0 bridgehead atoms. The maximum absolute atomic E-state index is 12.2. The lowest BCUT2D eigenvalue weighted by atomic mass is 10.2. The van der Waals surface area contributed by atoms with Crippen LogP contribution in [0, 0.1) is 5.92 Å². The third-order valence-corrected chi connectivity index (χ3v) is 5.01. The number of hydrogen-bond acceptors (Lipinski definition) is 4. The number of sulfone groups is 1. The molecule has 1 atom stereocenters. The maximum atomic E-state index is 12.2. The van der Waals surface area contributed by atoms with Crippen LogP contribution in [0.2, 0.25) is 0 Å². The molecular weight excluding hydrogens is 254 g/mol. The van der Waals surface area contributed by atoms with Crippen LogP contribution in [0.1, 0.15) is 26.0 Å². The van der Waals surface area contributed by atoms with E-state index in [0.29, 0.717) is 17.8 Å². The molecule has 0 aromatic carbocycles. The number of nitrogens with zero attached hydrogens (tertiary/aromatic N) is 2. The number of fused-ring (bicyclic) bond motifs is 1. The van der Waals surface area contributed by atoms with Crippen LogP contribution in [0.4, 0.5) is 5.69 Å². The van der Waals surface area contributed by atoms with Crippen molar-refractivity contribution in [3.05, 3.63) is 5.69 Å². The SMILES string of the molecule is CCCc1nn(C)c2c1NC(=O)C(C)CS2(=O)=O. The van der Waals surface area contributed by atoms with Gasteiger partial charge in [-0.2, -0.15) is 5.10 Å². The first-order valence-electron chi connectivity index (χ1n) is 5.96. The monoisotopic (exact) mass is 271 g/mol. The number of amides is 1. The summed E-state index contributed by atoms with van der Waals surface area (Å²) in [6.45, 7) is 3.60. The van der Waals surface area contributed by atoms with E-state index >= 15 is 0 Å². The lowest BCUT2D eigenvalue weighted by Gasteiger charge is -2.06. The minimum atomic E-state index is -3.47. The molecule has 0 spiro atoms. The van der Waals surface area contributed by atoms with Gasteiger partial charge < -0.3 is 5.32 Å². The van der Waals surface area contributed by atoms with Gasteiger partial charge in [0.1, 0.15) is 5.69 Å². The molecule has 18 heavy (non-hydrogen) atoms. The van der Waals surface area contributed by atoms with Gasteiger partial charge in [0.15, 0.2) is 14.9 Å². The van der Waals surface area contributed by atoms with E-state index < -0.39 is 15.8 Å². The minimum absolute atomic E-state index is 0.128. The summed E-state index contributed by atoms with van der Waals surface area (Å²) in [7, 11) is -1.88. The maximum Gasteiger partial charge on any atom is 0.228 e. The van der Waals surface area contributed by atoms with Crippen molar-refractivity contribution in [2.75, 3.05) is 11.1 Å². The standard InChI is InChI=1S/C11H17N3O3S/c1-4-5-8-9-11(14(3)13-8)18(16,17)6-7(2)10(15)12-9/h7H,4-6H2,1-3H3,(H,12,15). The van der Waals surface area contributed by atoms with E-state index in [9.17, 15) is 13.2 Å². The van der Waals surface area contributed by atoms with Gasteiger partial charge in [-0.3, -0.25) is 9.48 Å². The first-order valence-corrected chi connectivity index (χ1v) is 7.61. The number of anilines is 1. The van der Waals surface area contributed by atoms with E-state index in [1.807, 2.05) is 6.92 Å². The molecule has 2 heterocycles. The molecule has 1 aromatic heterocycles. The van der Waals surface area contributed by atoms with Crippen LogP contribution >= 0.6 is 0 Å². The van der Waals surface area contributed by atoms with Crippen LogP contribution in [-0.2, 0) is 28.1 Å². The van der Waals surface area contributed by atoms with Gasteiger partial charge in [0.2, 0.25) is 5.91 Å². The van der Waals surface area contributed by atoms with Crippen molar-refractivity contribution in [2.24, 2.45) is 13.0 Å². The van der Waals surface area contributed by atoms with Gasteiger partial charge in [0.05, 0.1) is 11.4 Å². The smallest absolute Gasteiger partial charge is 0.228 e. The highest BCUT2D eigenvalue weighted by Gasteiger charge is 2.35. The zero-order valence-electron chi connectivity index (χ0n) is 10.7. The summed E-state index contributed by atoms with van der Waals surface area (Å²) in [6.07, 6.45) is 1.49. The minimum Gasteiger partial charge on any atom is -0.322 e. The third-order valence-electron chi connectivity index (χ3n) is 3.01. The van der Waals surface area contributed by atoms with E-state index in [2.05, 4.69) is 10.4 Å². The van der Waals surface area contributed by atoms with E-state index in [4.69, 9.17) is 0 Å². The Bertz CT molecular complexity index is 589. The average Bonchev–Trinajstić information content (AvgIpc) is 2.50. The number of rotatable bonds is 2. The highest BCUT2D eigenvalue weighted by atomic mass is 32.2. The molecule has 1 unspecified atom stereocenters. The Kier molecular flexibility index (Phi) is 3.18. The zero-order valence-corrected chi connectivity index (χ0v) is 11.5. The molecule has 0 saturated carbocycles. The van der Waals surface area contributed by atoms with E-state index in [0.717, 1.165) is 6.42 Å². The predicted octanol–water partition coefficient (Wildman–Crippen LogP) is 0.735. The molecule has 0 fully saturated rings. The first kappa shape index (κ1) is 13.1. The number of aromatic nitrogens is 2. The Labute approximate surface area is 106 Å². The quantitative estimate of drug-likeness (QED) is 0.860. The second-order valence-electron chi connectivity index (χ2n) is 4.67. The average molecular weight is 271 g/mol. The molecular formula is C11H17N3O3S. The summed E-state index contributed by atoms with van der Waals surface area (Å²) in [5, 5.41) is 7.03. The van der Waals surface area contributed by atoms with Crippen LogP contribution in [0.3, 0.4) is 0 Å². The van der Waals surface area contributed by atoms with Gasteiger partial charge in [0, 0.05) is 13.0 Å². The van der Waals surface area contributed by atoms with Crippen molar-refractivity contribution in [2.45, 2.75) is 31.7 Å². The Morgan fingerprint density at radius 2 is 2.17 bits per heavy atom. The second kappa shape index (κ2) is 4.38. The predicted molar refractivity (Wildman–Crippen MR) is 67.0 cm³/mol. The Balaban J connectivity index is 2.64. The molecule has 0 aliphatic carbocycles. The van der Waals surface area contributed by atoms with Gasteiger partial charge in [-0.05, 0) is 6.42 Å². The molecule has 7 heteroatoms. The lowest BCUT2D eigenvalue weighted by Crippen LogP contribution is -2.23. The summed E-state index contributed by atoms with van der Waals surface area (Å²) in [4.78, 5) is 11.8.